The summed E-state index contributed by atoms with van der Waals surface area (Å²) in [5, 5.41) is 8.64. The molecule has 0 spiro atoms. The zero-order chi connectivity index (χ0) is 14.3. The smallest absolute Gasteiger partial charge is 0.303 e. The molecule has 0 radical (unpaired) electrons. The van der Waals surface area contributed by atoms with Gasteiger partial charge in [0.2, 0.25) is 0 Å². The van der Waals surface area contributed by atoms with E-state index in [1.165, 1.54) is 17.5 Å². The first-order valence-corrected chi connectivity index (χ1v) is 7.05. The van der Waals surface area contributed by atoms with E-state index in [0.717, 1.165) is 13.0 Å². The van der Waals surface area contributed by atoms with E-state index in [2.05, 4.69) is 43.0 Å². The fraction of sp³-hybridized carbons (Fsp3) is 0.562. The molecular formula is C16H25NO2. The lowest BCUT2D eigenvalue weighted by Gasteiger charge is -2.25. The highest BCUT2D eigenvalue weighted by Gasteiger charge is 2.11. The van der Waals surface area contributed by atoms with Gasteiger partial charge in [-0.05, 0) is 44.5 Å². The molecule has 19 heavy (non-hydrogen) atoms. The van der Waals surface area contributed by atoms with E-state index in [-0.39, 0.29) is 6.42 Å². The number of aliphatic carboxylic acids is 1. The number of carboxylic acids is 1. The molecule has 0 bridgehead atoms. The maximum atomic E-state index is 10.5. The van der Waals surface area contributed by atoms with Gasteiger partial charge in [0, 0.05) is 12.5 Å². The fourth-order valence-corrected chi connectivity index (χ4v) is 2.18. The molecule has 1 atom stereocenters. The SMILES string of the molecule is CCCc1ccc(C(C)N(C)CCCC(=O)O)cc1. The maximum absolute atomic E-state index is 10.5. The predicted octanol–water partition coefficient (Wildman–Crippen LogP) is 3.50. The fourth-order valence-electron chi connectivity index (χ4n) is 2.18. The molecule has 1 N–H and O–H groups in total. The molecule has 1 aromatic rings. The van der Waals surface area contributed by atoms with Gasteiger partial charge in [0.1, 0.15) is 0 Å². The monoisotopic (exact) mass is 263 g/mol. The third kappa shape index (κ3) is 5.43. The van der Waals surface area contributed by atoms with Crippen LogP contribution in [0.1, 0.15) is 50.3 Å². The van der Waals surface area contributed by atoms with Crippen LogP contribution in [0.4, 0.5) is 0 Å². The molecule has 0 fully saturated rings. The van der Waals surface area contributed by atoms with Crippen LogP contribution >= 0.6 is 0 Å². The van der Waals surface area contributed by atoms with Crippen LogP contribution in [0.15, 0.2) is 24.3 Å². The molecule has 3 heteroatoms. The summed E-state index contributed by atoms with van der Waals surface area (Å²) in [6.07, 6.45) is 3.24. The van der Waals surface area contributed by atoms with Crippen molar-refractivity contribution < 1.29 is 9.90 Å². The molecule has 1 aromatic carbocycles. The van der Waals surface area contributed by atoms with Gasteiger partial charge in [-0.25, -0.2) is 0 Å². The Morgan fingerprint density at radius 1 is 1.32 bits per heavy atom. The summed E-state index contributed by atoms with van der Waals surface area (Å²) in [7, 11) is 2.05. The number of benzene rings is 1. The third-order valence-electron chi connectivity index (χ3n) is 3.56. The summed E-state index contributed by atoms with van der Waals surface area (Å²) in [6, 6.07) is 9.08. The van der Waals surface area contributed by atoms with E-state index in [0.29, 0.717) is 12.5 Å². The summed E-state index contributed by atoms with van der Waals surface area (Å²) in [4.78, 5) is 12.7. The van der Waals surface area contributed by atoms with E-state index in [4.69, 9.17) is 5.11 Å². The lowest BCUT2D eigenvalue weighted by molar-refractivity contribution is -0.137. The Labute approximate surface area is 116 Å². The normalized spacial score (nSPS) is 12.6. The van der Waals surface area contributed by atoms with Crippen LogP contribution in [0, 0.1) is 0 Å². The van der Waals surface area contributed by atoms with Crippen LogP contribution in [-0.4, -0.2) is 29.6 Å². The molecule has 106 valence electrons. The number of aryl methyl sites for hydroxylation is 1. The summed E-state index contributed by atoms with van der Waals surface area (Å²) in [6.45, 7) is 5.16. The Morgan fingerprint density at radius 2 is 1.95 bits per heavy atom. The van der Waals surface area contributed by atoms with Crippen molar-refractivity contribution in [3.8, 4) is 0 Å². The molecule has 0 aliphatic heterocycles. The van der Waals surface area contributed by atoms with Crippen molar-refractivity contribution in [2.45, 2.75) is 45.6 Å². The first-order chi connectivity index (χ1) is 9.04. The third-order valence-corrected chi connectivity index (χ3v) is 3.56. The van der Waals surface area contributed by atoms with Crippen LogP contribution in [0.3, 0.4) is 0 Å². The minimum absolute atomic E-state index is 0.243. The summed E-state index contributed by atoms with van der Waals surface area (Å²) in [5.41, 5.74) is 2.67. The lowest BCUT2D eigenvalue weighted by Crippen LogP contribution is -2.24. The van der Waals surface area contributed by atoms with Crippen molar-refractivity contribution in [2.24, 2.45) is 0 Å². The molecule has 1 rings (SSSR count). The highest BCUT2D eigenvalue weighted by atomic mass is 16.4. The first kappa shape index (κ1) is 15.7. The van der Waals surface area contributed by atoms with Crippen molar-refractivity contribution in [2.75, 3.05) is 13.6 Å². The number of carbonyl (C=O) groups is 1. The van der Waals surface area contributed by atoms with Crippen LogP contribution in [0.2, 0.25) is 0 Å². The summed E-state index contributed by atoms with van der Waals surface area (Å²) < 4.78 is 0. The van der Waals surface area contributed by atoms with Gasteiger partial charge in [0.05, 0.1) is 0 Å². The predicted molar refractivity (Wildman–Crippen MR) is 78.4 cm³/mol. The van der Waals surface area contributed by atoms with Crippen LogP contribution < -0.4 is 0 Å². The van der Waals surface area contributed by atoms with Gasteiger partial charge in [-0.2, -0.15) is 0 Å². The topological polar surface area (TPSA) is 40.5 Å². The maximum Gasteiger partial charge on any atom is 0.303 e. The molecular weight excluding hydrogens is 238 g/mol. The van der Waals surface area contributed by atoms with Crippen molar-refractivity contribution in [1.29, 1.82) is 0 Å². The second-order valence-corrected chi connectivity index (χ2v) is 5.15. The van der Waals surface area contributed by atoms with Gasteiger partial charge in [-0.15, -0.1) is 0 Å². The number of nitrogens with zero attached hydrogens (tertiary/aromatic N) is 1. The largest absolute Gasteiger partial charge is 0.481 e. The summed E-state index contributed by atoms with van der Waals surface area (Å²) in [5.74, 6) is -0.718. The minimum atomic E-state index is -0.718. The standard InChI is InChI=1S/C16H25NO2/c1-4-6-14-8-10-15(11-9-14)13(2)17(3)12-5-7-16(18)19/h8-11,13H,4-7,12H2,1-3H3,(H,18,19). The molecule has 1 unspecified atom stereocenters. The van der Waals surface area contributed by atoms with Crippen LogP contribution in [0.5, 0.6) is 0 Å². The van der Waals surface area contributed by atoms with E-state index in [1.807, 2.05) is 7.05 Å². The molecule has 0 saturated heterocycles. The Balaban J connectivity index is 2.51. The van der Waals surface area contributed by atoms with E-state index >= 15 is 0 Å². The molecule has 0 heterocycles. The average molecular weight is 263 g/mol. The quantitative estimate of drug-likeness (QED) is 0.780. The van der Waals surface area contributed by atoms with Gasteiger partial charge < -0.3 is 5.11 Å². The van der Waals surface area contributed by atoms with E-state index in [1.54, 1.807) is 0 Å². The van der Waals surface area contributed by atoms with Crippen molar-refractivity contribution >= 4 is 5.97 Å². The van der Waals surface area contributed by atoms with Gasteiger partial charge in [-0.3, -0.25) is 9.69 Å². The Bertz CT molecular complexity index is 386. The number of rotatable bonds is 8. The number of hydrogen-bond acceptors (Lipinski definition) is 2. The van der Waals surface area contributed by atoms with Gasteiger partial charge in [-0.1, -0.05) is 37.6 Å². The molecule has 0 aromatic heterocycles. The summed E-state index contributed by atoms with van der Waals surface area (Å²) >= 11 is 0. The second-order valence-electron chi connectivity index (χ2n) is 5.15. The average Bonchev–Trinajstić information content (AvgIpc) is 2.38. The van der Waals surface area contributed by atoms with E-state index < -0.39 is 5.97 Å². The van der Waals surface area contributed by atoms with Crippen LogP contribution in [-0.2, 0) is 11.2 Å². The van der Waals surface area contributed by atoms with Crippen molar-refractivity contribution in [3.63, 3.8) is 0 Å². The van der Waals surface area contributed by atoms with Gasteiger partial charge in [0.15, 0.2) is 0 Å². The van der Waals surface area contributed by atoms with Crippen LogP contribution in [0.25, 0.3) is 0 Å². The number of carboxylic acid groups (broad SMARTS) is 1. The molecule has 0 aliphatic rings. The Morgan fingerprint density at radius 3 is 2.47 bits per heavy atom. The zero-order valence-electron chi connectivity index (χ0n) is 12.2. The zero-order valence-corrected chi connectivity index (χ0v) is 12.2. The van der Waals surface area contributed by atoms with E-state index in [9.17, 15) is 4.79 Å². The highest BCUT2D eigenvalue weighted by Crippen LogP contribution is 2.20. The van der Waals surface area contributed by atoms with Gasteiger partial charge in [0.25, 0.3) is 0 Å². The minimum Gasteiger partial charge on any atom is -0.481 e. The molecule has 0 aliphatic carbocycles. The Kier molecular flexibility index (Phi) is 6.57. The number of hydrogen-bond donors (Lipinski definition) is 1. The van der Waals surface area contributed by atoms with Crippen molar-refractivity contribution in [1.82, 2.24) is 4.90 Å². The molecule has 0 saturated carbocycles. The second kappa shape index (κ2) is 7.95. The van der Waals surface area contributed by atoms with Crippen molar-refractivity contribution in [3.05, 3.63) is 35.4 Å². The van der Waals surface area contributed by atoms with Gasteiger partial charge >= 0.3 is 5.97 Å². The highest BCUT2D eigenvalue weighted by molar-refractivity contribution is 5.66. The molecule has 0 amide bonds. The Hall–Kier alpha value is -1.35. The molecule has 3 nitrogen and oxygen atoms in total. The lowest BCUT2D eigenvalue weighted by atomic mass is 10.0. The first-order valence-electron chi connectivity index (χ1n) is 7.05.